The van der Waals surface area contributed by atoms with Crippen molar-refractivity contribution in [3.63, 3.8) is 0 Å². The summed E-state index contributed by atoms with van der Waals surface area (Å²) in [5.41, 5.74) is 1.75. The third-order valence-electron chi connectivity index (χ3n) is 2.94. The number of benzene rings is 2. The van der Waals surface area contributed by atoms with Crippen molar-refractivity contribution in [1.29, 1.82) is 0 Å². The van der Waals surface area contributed by atoms with Crippen LogP contribution in [0.1, 0.15) is 18.1 Å². The molecular weight excluding hydrogens is 354 g/mol. The molecule has 2 aromatic carbocycles. The number of ether oxygens (including phenoxy) is 1. The maximum Gasteiger partial charge on any atom is 0.345 e. The highest BCUT2D eigenvalue weighted by molar-refractivity contribution is 9.12. The number of hydrogen-bond acceptors (Lipinski definition) is 2. The molecule has 0 aliphatic carbocycles. The maximum absolute atomic E-state index is 13.1. The van der Waals surface area contributed by atoms with Crippen molar-refractivity contribution in [3.8, 4) is 0 Å². The molecule has 114 valence electrons. The van der Waals surface area contributed by atoms with Gasteiger partial charge in [-0.15, -0.1) is 0 Å². The summed E-state index contributed by atoms with van der Waals surface area (Å²) < 4.78 is 31.4. The van der Waals surface area contributed by atoms with Gasteiger partial charge in [-0.2, -0.15) is 0 Å². The predicted molar refractivity (Wildman–Crippen MR) is 84.4 cm³/mol. The van der Waals surface area contributed by atoms with Gasteiger partial charge in [-0.3, -0.25) is 0 Å². The molecule has 0 spiro atoms. The number of carbonyl (C=O) groups is 1. The van der Waals surface area contributed by atoms with E-state index in [9.17, 15) is 13.6 Å². The molecule has 2 aromatic rings. The molecule has 0 radical (unpaired) electrons. The van der Waals surface area contributed by atoms with Crippen LogP contribution in [0.25, 0.3) is 5.57 Å². The van der Waals surface area contributed by atoms with Crippen LogP contribution in [0, 0.1) is 11.6 Å². The molecular formula is C17H13BrF2O2. The molecule has 0 N–H and O–H groups in total. The lowest BCUT2D eigenvalue weighted by molar-refractivity contribution is -0.137. The number of rotatable bonds is 4. The summed E-state index contributed by atoms with van der Waals surface area (Å²) in [5, 5.41) is 0. The number of esters is 1. The molecule has 0 unspecified atom stereocenters. The topological polar surface area (TPSA) is 26.3 Å². The minimum Gasteiger partial charge on any atom is -0.462 e. The first-order valence-electron chi connectivity index (χ1n) is 6.61. The molecule has 0 atom stereocenters. The molecule has 0 aliphatic rings. The minimum atomic E-state index is -0.536. The standard InChI is InChI=1S/C17H13BrF2O2/c1-2-22-17(21)16(18)15(11-3-7-13(19)8-4-11)12-5-9-14(20)10-6-12/h3-10H,2H2,1H3. The maximum atomic E-state index is 13.1. The van der Waals surface area contributed by atoms with Crippen LogP contribution >= 0.6 is 15.9 Å². The summed E-state index contributed by atoms with van der Waals surface area (Å²) >= 11 is 3.24. The van der Waals surface area contributed by atoms with Crippen LogP contribution in [0.2, 0.25) is 0 Å². The van der Waals surface area contributed by atoms with Gasteiger partial charge in [0.25, 0.3) is 0 Å². The van der Waals surface area contributed by atoms with Gasteiger partial charge in [-0.05, 0) is 58.2 Å². The Morgan fingerprint density at radius 1 is 0.955 bits per heavy atom. The van der Waals surface area contributed by atoms with E-state index < -0.39 is 5.97 Å². The molecule has 0 saturated heterocycles. The Morgan fingerprint density at radius 3 is 1.73 bits per heavy atom. The molecule has 22 heavy (non-hydrogen) atoms. The molecule has 2 nitrogen and oxygen atoms in total. The predicted octanol–water partition coefficient (Wildman–Crippen LogP) is 4.68. The van der Waals surface area contributed by atoms with Gasteiger partial charge in [0.2, 0.25) is 0 Å². The SMILES string of the molecule is CCOC(=O)C(Br)=C(c1ccc(F)cc1)c1ccc(F)cc1. The van der Waals surface area contributed by atoms with Crippen LogP contribution in [0.3, 0.4) is 0 Å². The Balaban J connectivity index is 2.58. The summed E-state index contributed by atoms with van der Waals surface area (Å²) in [4.78, 5) is 12.0. The fourth-order valence-electron chi connectivity index (χ4n) is 1.95. The lowest BCUT2D eigenvalue weighted by Crippen LogP contribution is -2.06. The molecule has 0 aromatic heterocycles. The van der Waals surface area contributed by atoms with Crippen molar-refractivity contribution in [2.75, 3.05) is 6.61 Å². The second kappa shape index (κ2) is 7.31. The minimum absolute atomic E-state index is 0.201. The largest absolute Gasteiger partial charge is 0.462 e. The average molecular weight is 367 g/mol. The van der Waals surface area contributed by atoms with Crippen molar-refractivity contribution in [2.24, 2.45) is 0 Å². The molecule has 0 heterocycles. The van der Waals surface area contributed by atoms with E-state index in [1.807, 2.05) is 0 Å². The highest BCUT2D eigenvalue weighted by atomic mass is 79.9. The molecule has 0 aliphatic heterocycles. The molecule has 2 rings (SSSR count). The fraction of sp³-hybridized carbons (Fsp3) is 0.118. The Kier molecular flexibility index (Phi) is 5.44. The second-order valence-electron chi connectivity index (χ2n) is 4.42. The van der Waals surface area contributed by atoms with Crippen LogP contribution in [0.15, 0.2) is 53.0 Å². The van der Waals surface area contributed by atoms with Crippen molar-refractivity contribution >= 4 is 27.5 Å². The highest BCUT2D eigenvalue weighted by Crippen LogP contribution is 2.31. The van der Waals surface area contributed by atoms with Crippen molar-refractivity contribution in [1.82, 2.24) is 0 Å². The normalized spacial score (nSPS) is 10.2. The first-order valence-corrected chi connectivity index (χ1v) is 7.41. The third kappa shape index (κ3) is 3.80. The number of halogens is 3. The van der Waals surface area contributed by atoms with Crippen LogP contribution in [-0.4, -0.2) is 12.6 Å². The first kappa shape index (κ1) is 16.4. The van der Waals surface area contributed by atoms with Gasteiger partial charge in [0.15, 0.2) is 0 Å². The fourth-order valence-corrected chi connectivity index (χ4v) is 2.52. The zero-order valence-electron chi connectivity index (χ0n) is 11.8. The van der Waals surface area contributed by atoms with Gasteiger partial charge in [-0.1, -0.05) is 24.3 Å². The zero-order chi connectivity index (χ0) is 16.1. The van der Waals surface area contributed by atoms with Gasteiger partial charge in [-0.25, -0.2) is 13.6 Å². The summed E-state index contributed by atoms with van der Waals surface area (Å²) in [6, 6.07) is 11.4. The van der Waals surface area contributed by atoms with Crippen LogP contribution in [0.5, 0.6) is 0 Å². The summed E-state index contributed by atoms with van der Waals surface area (Å²) in [6.45, 7) is 1.93. The van der Waals surface area contributed by atoms with Gasteiger partial charge in [0.05, 0.1) is 6.61 Å². The van der Waals surface area contributed by atoms with E-state index in [1.54, 1.807) is 31.2 Å². The lowest BCUT2D eigenvalue weighted by atomic mass is 9.97. The van der Waals surface area contributed by atoms with E-state index in [-0.39, 0.29) is 22.7 Å². The third-order valence-corrected chi connectivity index (χ3v) is 3.66. The Hall–Kier alpha value is -2.01. The smallest absolute Gasteiger partial charge is 0.345 e. The van der Waals surface area contributed by atoms with E-state index in [1.165, 1.54) is 24.3 Å². The average Bonchev–Trinajstić information content (AvgIpc) is 2.51. The van der Waals surface area contributed by atoms with E-state index in [0.717, 1.165) is 0 Å². The summed E-state index contributed by atoms with van der Waals surface area (Å²) in [6.07, 6.45) is 0. The van der Waals surface area contributed by atoms with Crippen LogP contribution in [0.4, 0.5) is 8.78 Å². The Labute approximate surface area is 135 Å². The molecule has 0 saturated carbocycles. The van der Waals surface area contributed by atoms with Gasteiger partial charge >= 0.3 is 5.97 Å². The van der Waals surface area contributed by atoms with E-state index in [4.69, 9.17) is 4.74 Å². The second-order valence-corrected chi connectivity index (χ2v) is 5.22. The summed E-state index contributed by atoms with van der Waals surface area (Å²) in [7, 11) is 0. The molecule has 0 fully saturated rings. The van der Waals surface area contributed by atoms with E-state index in [2.05, 4.69) is 15.9 Å². The van der Waals surface area contributed by atoms with Crippen molar-refractivity contribution in [3.05, 3.63) is 75.8 Å². The van der Waals surface area contributed by atoms with Crippen LogP contribution < -0.4 is 0 Å². The molecule has 0 bridgehead atoms. The van der Waals surface area contributed by atoms with Gasteiger partial charge in [0.1, 0.15) is 16.1 Å². The van der Waals surface area contributed by atoms with Crippen LogP contribution in [-0.2, 0) is 9.53 Å². The summed E-state index contributed by atoms with van der Waals surface area (Å²) in [5.74, 6) is -1.30. The Morgan fingerprint density at radius 2 is 1.36 bits per heavy atom. The zero-order valence-corrected chi connectivity index (χ0v) is 13.4. The van der Waals surface area contributed by atoms with E-state index >= 15 is 0 Å². The first-order chi connectivity index (χ1) is 10.5. The van der Waals surface area contributed by atoms with E-state index in [0.29, 0.717) is 16.7 Å². The Bertz CT molecular complexity index is 644. The van der Waals surface area contributed by atoms with Gasteiger partial charge in [0, 0.05) is 5.57 Å². The highest BCUT2D eigenvalue weighted by Gasteiger charge is 2.17. The van der Waals surface area contributed by atoms with Gasteiger partial charge < -0.3 is 4.74 Å². The van der Waals surface area contributed by atoms with Crippen molar-refractivity contribution in [2.45, 2.75) is 6.92 Å². The number of hydrogen-bond donors (Lipinski definition) is 0. The monoisotopic (exact) mass is 366 g/mol. The van der Waals surface area contributed by atoms with Crippen molar-refractivity contribution < 1.29 is 18.3 Å². The molecule has 5 heteroatoms. The number of carbonyl (C=O) groups excluding carboxylic acids is 1. The molecule has 0 amide bonds. The quantitative estimate of drug-likeness (QED) is 0.579. The lowest BCUT2D eigenvalue weighted by Gasteiger charge is -2.12.